The fraction of sp³-hybridized carbons (Fsp3) is 0.0769. The summed E-state index contributed by atoms with van der Waals surface area (Å²) in [5, 5.41) is 0. The highest BCUT2D eigenvalue weighted by Crippen LogP contribution is 2.22. The average molecular weight is 246 g/mol. The second-order valence-corrected chi connectivity index (χ2v) is 3.67. The first-order valence-corrected chi connectivity index (χ1v) is 5.20. The van der Waals surface area contributed by atoms with E-state index in [0.717, 1.165) is 12.3 Å². The van der Waals surface area contributed by atoms with Crippen LogP contribution in [0.5, 0.6) is 5.75 Å². The van der Waals surface area contributed by atoms with Crippen molar-refractivity contribution in [3.63, 3.8) is 0 Å². The molecule has 0 bridgehead atoms. The van der Waals surface area contributed by atoms with E-state index in [1.165, 1.54) is 13.3 Å². The number of nitrogens with zero attached hydrogens (tertiary/aromatic N) is 1. The molecule has 4 nitrogen and oxygen atoms in total. The van der Waals surface area contributed by atoms with Crippen LogP contribution in [0.1, 0.15) is 15.9 Å². The molecule has 1 heterocycles. The van der Waals surface area contributed by atoms with E-state index in [0.29, 0.717) is 11.3 Å². The van der Waals surface area contributed by atoms with Crippen molar-refractivity contribution >= 4 is 11.5 Å². The molecule has 0 fully saturated rings. The monoisotopic (exact) mass is 246 g/mol. The first kappa shape index (κ1) is 12.0. The van der Waals surface area contributed by atoms with Crippen LogP contribution in [0, 0.1) is 5.82 Å². The molecule has 2 aromatic rings. The maximum atomic E-state index is 13.0. The molecule has 1 aromatic carbocycles. The Balaban J connectivity index is 2.40. The van der Waals surface area contributed by atoms with E-state index in [-0.39, 0.29) is 17.0 Å². The molecule has 0 aliphatic heterocycles. The van der Waals surface area contributed by atoms with Gasteiger partial charge in [0.25, 0.3) is 0 Å². The second kappa shape index (κ2) is 4.83. The van der Waals surface area contributed by atoms with Gasteiger partial charge < -0.3 is 10.5 Å². The van der Waals surface area contributed by atoms with Gasteiger partial charge in [-0.2, -0.15) is 0 Å². The van der Waals surface area contributed by atoms with Crippen LogP contribution in [-0.2, 0) is 0 Å². The van der Waals surface area contributed by atoms with E-state index in [1.54, 1.807) is 18.2 Å². The van der Waals surface area contributed by atoms with Gasteiger partial charge in [-0.15, -0.1) is 0 Å². The van der Waals surface area contributed by atoms with Crippen LogP contribution < -0.4 is 10.5 Å². The van der Waals surface area contributed by atoms with Crippen molar-refractivity contribution in [2.75, 3.05) is 12.8 Å². The summed E-state index contributed by atoms with van der Waals surface area (Å²) in [4.78, 5) is 15.7. The summed E-state index contributed by atoms with van der Waals surface area (Å²) in [6.45, 7) is 0. The summed E-state index contributed by atoms with van der Waals surface area (Å²) < 4.78 is 18.0. The van der Waals surface area contributed by atoms with E-state index in [2.05, 4.69) is 4.98 Å². The molecule has 0 spiro atoms. The maximum Gasteiger partial charge on any atom is 0.196 e. The van der Waals surface area contributed by atoms with E-state index < -0.39 is 5.82 Å². The number of ether oxygens (including phenoxy) is 1. The Morgan fingerprint density at radius 1 is 1.33 bits per heavy atom. The third-order valence-corrected chi connectivity index (χ3v) is 2.47. The van der Waals surface area contributed by atoms with Crippen LogP contribution in [0.2, 0.25) is 0 Å². The largest absolute Gasteiger partial charge is 0.497 e. The van der Waals surface area contributed by atoms with Gasteiger partial charge in [0.05, 0.1) is 13.3 Å². The summed E-state index contributed by atoms with van der Waals surface area (Å²) in [7, 11) is 1.51. The molecule has 0 amide bonds. The normalized spacial score (nSPS) is 10.1. The SMILES string of the molecule is COc1ccc(C(=O)c2cncc(F)c2)c(N)c1. The summed E-state index contributed by atoms with van der Waals surface area (Å²) in [6.07, 6.45) is 2.34. The van der Waals surface area contributed by atoms with Crippen molar-refractivity contribution in [1.29, 1.82) is 0 Å². The van der Waals surface area contributed by atoms with Gasteiger partial charge in [-0.3, -0.25) is 9.78 Å². The number of carbonyl (C=O) groups excluding carboxylic acids is 1. The topological polar surface area (TPSA) is 65.2 Å². The Morgan fingerprint density at radius 2 is 2.11 bits per heavy atom. The molecule has 0 radical (unpaired) electrons. The lowest BCUT2D eigenvalue weighted by Gasteiger charge is -2.07. The van der Waals surface area contributed by atoms with Gasteiger partial charge in [0.2, 0.25) is 0 Å². The summed E-state index contributed by atoms with van der Waals surface area (Å²) in [5.74, 6) is -0.378. The molecule has 92 valence electrons. The molecule has 5 heteroatoms. The van der Waals surface area contributed by atoms with Gasteiger partial charge in [0.1, 0.15) is 11.6 Å². The molecular formula is C13H11FN2O2. The first-order chi connectivity index (χ1) is 8.61. The van der Waals surface area contributed by atoms with Gasteiger partial charge in [-0.05, 0) is 18.2 Å². The number of carbonyl (C=O) groups is 1. The molecule has 18 heavy (non-hydrogen) atoms. The van der Waals surface area contributed by atoms with Crippen LogP contribution in [0.25, 0.3) is 0 Å². The lowest BCUT2D eigenvalue weighted by Crippen LogP contribution is -2.06. The number of nitrogen functional groups attached to an aromatic ring is 1. The number of anilines is 1. The fourth-order valence-electron chi connectivity index (χ4n) is 1.57. The molecule has 0 unspecified atom stereocenters. The highest BCUT2D eigenvalue weighted by atomic mass is 19.1. The molecule has 1 aromatic heterocycles. The molecular weight excluding hydrogens is 235 g/mol. The maximum absolute atomic E-state index is 13.0. The second-order valence-electron chi connectivity index (χ2n) is 3.67. The molecule has 0 aliphatic carbocycles. The summed E-state index contributed by atoms with van der Waals surface area (Å²) in [6, 6.07) is 5.83. The minimum absolute atomic E-state index is 0.159. The van der Waals surface area contributed by atoms with Gasteiger partial charge >= 0.3 is 0 Å². The average Bonchev–Trinajstić information content (AvgIpc) is 2.37. The van der Waals surface area contributed by atoms with E-state index >= 15 is 0 Å². The van der Waals surface area contributed by atoms with Crippen molar-refractivity contribution < 1.29 is 13.9 Å². The number of nitrogens with two attached hydrogens (primary N) is 1. The number of ketones is 1. The van der Waals surface area contributed by atoms with Crippen LogP contribution in [0.3, 0.4) is 0 Å². The van der Waals surface area contributed by atoms with Gasteiger partial charge in [-0.25, -0.2) is 4.39 Å². The Labute approximate surface area is 103 Å². The number of hydrogen-bond acceptors (Lipinski definition) is 4. The Kier molecular flexibility index (Phi) is 3.23. The lowest BCUT2D eigenvalue weighted by molar-refractivity contribution is 0.103. The number of pyridine rings is 1. The molecule has 0 saturated heterocycles. The quantitative estimate of drug-likeness (QED) is 0.664. The number of halogens is 1. The van der Waals surface area contributed by atoms with Crippen LogP contribution in [-0.4, -0.2) is 17.9 Å². The van der Waals surface area contributed by atoms with Crippen molar-refractivity contribution in [3.05, 3.63) is 53.6 Å². The molecule has 2 rings (SSSR count). The Morgan fingerprint density at radius 3 is 2.72 bits per heavy atom. The molecule has 0 saturated carbocycles. The zero-order valence-electron chi connectivity index (χ0n) is 9.68. The summed E-state index contributed by atoms with van der Waals surface area (Å²) in [5.41, 5.74) is 6.49. The highest BCUT2D eigenvalue weighted by Gasteiger charge is 2.13. The van der Waals surface area contributed by atoms with Crippen LogP contribution in [0.4, 0.5) is 10.1 Å². The van der Waals surface area contributed by atoms with Gasteiger partial charge in [0, 0.05) is 29.1 Å². The predicted molar refractivity (Wildman–Crippen MR) is 65.0 cm³/mol. The van der Waals surface area contributed by atoms with Crippen LogP contribution in [0.15, 0.2) is 36.7 Å². The van der Waals surface area contributed by atoms with Crippen LogP contribution >= 0.6 is 0 Å². The smallest absolute Gasteiger partial charge is 0.196 e. The van der Waals surface area contributed by atoms with Gasteiger partial charge in [0.15, 0.2) is 5.78 Å². The first-order valence-electron chi connectivity index (χ1n) is 5.20. The fourth-order valence-corrected chi connectivity index (χ4v) is 1.57. The predicted octanol–water partition coefficient (Wildman–Crippen LogP) is 2.04. The van der Waals surface area contributed by atoms with Crippen molar-refractivity contribution in [3.8, 4) is 5.75 Å². The van der Waals surface area contributed by atoms with Crippen molar-refractivity contribution in [2.24, 2.45) is 0 Å². The third kappa shape index (κ3) is 2.29. The van der Waals surface area contributed by atoms with E-state index in [9.17, 15) is 9.18 Å². The Hall–Kier alpha value is -2.43. The van der Waals surface area contributed by atoms with E-state index in [1.807, 2.05) is 0 Å². The molecule has 0 atom stereocenters. The number of benzene rings is 1. The third-order valence-electron chi connectivity index (χ3n) is 2.47. The number of aromatic nitrogens is 1. The van der Waals surface area contributed by atoms with Crippen molar-refractivity contribution in [1.82, 2.24) is 4.98 Å². The minimum Gasteiger partial charge on any atom is -0.497 e. The zero-order valence-corrected chi connectivity index (χ0v) is 9.68. The molecule has 0 aliphatic rings. The highest BCUT2D eigenvalue weighted by molar-refractivity contribution is 6.12. The van der Waals surface area contributed by atoms with Gasteiger partial charge in [-0.1, -0.05) is 0 Å². The number of rotatable bonds is 3. The minimum atomic E-state index is -0.562. The molecule has 2 N–H and O–H groups in total. The Bertz CT molecular complexity index is 599. The zero-order chi connectivity index (χ0) is 13.1. The standard InChI is InChI=1S/C13H11FN2O2/c1-18-10-2-3-11(12(15)5-10)13(17)8-4-9(14)7-16-6-8/h2-7H,15H2,1H3. The number of hydrogen-bond donors (Lipinski definition) is 1. The van der Waals surface area contributed by atoms with Crippen molar-refractivity contribution in [2.45, 2.75) is 0 Å². The van der Waals surface area contributed by atoms with E-state index in [4.69, 9.17) is 10.5 Å². The number of methoxy groups -OCH3 is 1. The summed E-state index contributed by atoms with van der Waals surface area (Å²) >= 11 is 0. The lowest BCUT2D eigenvalue weighted by atomic mass is 10.0.